The maximum Gasteiger partial charge on any atom is 0.326 e. The molecule has 2 rings (SSSR count). The number of fused-ring (bicyclic) bond motifs is 1. The van der Waals surface area contributed by atoms with Crippen LogP contribution in [0.25, 0.3) is 0 Å². The third-order valence-electron chi connectivity index (χ3n) is 4.00. The zero-order valence-electron chi connectivity index (χ0n) is 13.6. The smallest absolute Gasteiger partial charge is 0.326 e. The van der Waals surface area contributed by atoms with Gasteiger partial charge in [-0.3, -0.25) is 9.59 Å². The van der Waals surface area contributed by atoms with Crippen LogP contribution in [-0.4, -0.2) is 36.0 Å². The molecule has 1 atom stereocenters. The second-order valence-corrected chi connectivity index (χ2v) is 6.29. The Morgan fingerprint density at radius 3 is 2.61 bits per heavy atom. The number of benzene rings is 1. The van der Waals surface area contributed by atoms with Crippen LogP contribution in [0.4, 0.5) is 5.69 Å². The second kappa shape index (κ2) is 6.81. The fourth-order valence-corrected chi connectivity index (χ4v) is 2.73. The van der Waals surface area contributed by atoms with Crippen LogP contribution in [0, 0.1) is 5.92 Å². The van der Waals surface area contributed by atoms with Gasteiger partial charge in [-0.25, -0.2) is 4.79 Å². The molecule has 1 aromatic carbocycles. The van der Waals surface area contributed by atoms with Gasteiger partial charge in [0.2, 0.25) is 5.91 Å². The van der Waals surface area contributed by atoms with Crippen LogP contribution in [0.15, 0.2) is 18.2 Å². The lowest BCUT2D eigenvalue weighted by molar-refractivity contribution is -0.139. The summed E-state index contributed by atoms with van der Waals surface area (Å²) in [7, 11) is 1.71. The van der Waals surface area contributed by atoms with Crippen LogP contribution in [0.3, 0.4) is 0 Å². The van der Waals surface area contributed by atoms with Gasteiger partial charge in [0.15, 0.2) is 0 Å². The SMILES string of the molecule is CC(C)CC(NC(=O)c1ccc2c(c1)CCC(=O)N2C)C(=O)O. The lowest BCUT2D eigenvalue weighted by Crippen LogP contribution is -2.41. The van der Waals surface area contributed by atoms with Gasteiger partial charge in [-0.2, -0.15) is 0 Å². The van der Waals surface area contributed by atoms with E-state index < -0.39 is 17.9 Å². The summed E-state index contributed by atoms with van der Waals surface area (Å²) >= 11 is 0. The van der Waals surface area contributed by atoms with Gasteiger partial charge in [0.05, 0.1) is 0 Å². The van der Waals surface area contributed by atoms with E-state index in [0.717, 1.165) is 11.3 Å². The number of rotatable bonds is 5. The van der Waals surface area contributed by atoms with E-state index in [1.54, 1.807) is 30.1 Å². The highest BCUT2D eigenvalue weighted by Gasteiger charge is 2.24. The van der Waals surface area contributed by atoms with Crippen LogP contribution < -0.4 is 10.2 Å². The molecule has 6 heteroatoms. The van der Waals surface area contributed by atoms with E-state index >= 15 is 0 Å². The number of carbonyl (C=O) groups is 3. The predicted octanol–water partition coefficient (Wildman–Crippen LogP) is 1.82. The minimum atomic E-state index is -1.03. The maximum absolute atomic E-state index is 12.3. The van der Waals surface area contributed by atoms with Crippen molar-refractivity contribution in [1.82, 2.24) is 5.32 Å². The Kier molecular flexibility index (Phi) is 5.03. The van der Waals surface area contributed by atoms with Gasteiger partial charge < -0.3 is 15.3 Å². The first kappa shape index (κ1) is 17.0. The van der Waals surface area contributed by atoms with Crippen molar-refractivity contribution >= 4 is 23.5 Å². The Morgan fingerprint density at radius 1 is 1.30 bits per heavy atom. The molecule has 0 saturated heterocycles. The Balaban J connectivity index is 2.17. The summed E-state index contributed by atoms with van der Waals surface area (Å²) in [5.41, 5.74) is 2.15. The van der Waals surface area contributed by atoms with Crippen LogP contribution >= 0.6 is 0 Å². The average molecular weight is 318 g/mol. The molecule has 6 nitrogen and oxygen atoms in total. The van der Waals surface area contributed by atoms with Gasteiger partial charge in [-0.1, -0.05) is 13.8 Å². The van der Waals surface area contributed by atoms with Crippen LogP contribution in [0.5, 0.6) is 0 Å². The van der Waals surface area contributed by atoms with Crippen LogP contribution in [0.1, 0.15) is 42.6 Å². The zero-order valence-corrected chi connectivity index (χ0v) is 13.6. The molecule has 1 unspecified atom stereocenters. The largest absolute Gasteiger partial charge is 0.480 e. The van der Waals surface area contributed by atoms with E-state index in [4.69, 9.17) is 0 Å². The number of amides is 2. The maximum atomic E-state index is 12.3. The average Bonchev–Trinajstić information content (AvgIpc) is 2.49. The summed E-state index contributed by atoms with van der Waals surface area (Å²) in [5.74, 6) is -1.21. The first-order valence-corrected chi connectivity index (χ1v) is 7.72. The minimum absolute atomic E-state index is 0.0533. The molecule has 1 aromatic rings. The number of hydrogen-bond acceptors (Lipinski definition) is 3. The van der Waals surface area contributed by atoms with E-state index in [2.05, 4.69) is 5.32 Å². The summed E-state index contributed by atoms with van der Waals surface area (Å²) in [6, 6.07) is 4.20. The van der Waals surface area contributed by atoms with Gasteiger partial charge in [0.1, 0.15) is 6.04 Å². The first-order chi connectivity index (χ1) is 10.8. The Hall–Kier alpha value is -2.37. The number of carboxylic acid groups (broad SMARTS) is 1. The number of hydrogen-bond donors (Lipinski definition) is 2. The molecule has 124 valence electrons. The number of carboxylic acids is 1. The Bertz CT molecular complexity index is 639. The van der Waals surface area contributed by atoms with Crippen molar-refractivity contribution in [1.29, 1.82) is 0 Å². The third kappa shape index (κ3) is 3.88. The van der Waals surface area contributed by atoms with Crippen LogP contribution in [-0.2, 0) is 16.0 Å². The van der Waals surface area contributed by atoms with Crippen molar-refractivity contribution in [3.8, 4) is 0 Å². The van der Waals surface area contributed by atoms with Gasteiger partial charge in [-0.15, -0.1) is 0 Å². The monoisotopic (exact) mass is 318 g/mol. The van der Waals surface area contributed by atoms with E-state index in [1.807, 2.05) is 13.8 Å². The molecule has 0 spiro atoms. The lowest BCUT2D eigenvalue weighted by Gasteiger charge is -2.26. The molecular formula is C17H22N2O4. The summed E-state index contributed by atoms with van der Waals surface area (Å²) in [5, 5.41) is 11.8. The van der Waals surface area contributed by atoms with Crippen molar-refractivity contribution in [2.45, 2.75) is 39.2 Å². The molecule has 23 heavy (non-hydrogen) atoms. The highest BCUT2D eigenvalue weighted by atomic mass is 16.4. The fraction of sp³-hybridized carbons (Fsp3) is 0.471. The molecule has 1 aliphatic rings. The molecule has 0 saturated carbocycles. The highest BCUT2D eigenvalue weighted by molar-refractivity contribution is 5.99. The topological polar surface area (TPSA) is 86.7 Å². The predicted molar refractivity (Wildman–Crippen MR) is 86.5 cm³/mol. The van der Waals surface area contributed by atoms with E-state index in [1.165, 1.54) is 0 Å². The summed E-state index contributed by atoms with van der Waals surface area (Å²) in [6.07, 6.45) is 1.39. The lowest BCUT2D eigenvalue weighted by atomic mass is 9.98. The van der Waals surface area contributed by atoms with E-state index in [9.17, 15) is 19.5 Å². The fourth-order valence-electron chi connectivity index (χ4n) is 2.73. The molecule has 1 aliphatic heterocycles. The quantitative estimate of drug-likeness (QED) is 0.867. The van der Waals surface area contributed by atoms with Gasteiger partial charge >= 0.3 is 5.97 Å². The van der Waals surface area contributed by atoms with Crippen molar-refractivity contribution in [2.75, 3.05) is 11.9 Å². The van der Waals surface area contributed by atoms with Gasteiger partial charge in [0, 0.05) is 24.7 Å². The van der Waals surface area contributed by atoms with Crippen molar-refractivity contribution in [3.63, 3.8) is 0 Å². The van der Waals surface area contributed by atoms with E-state index in [-0.39, 0.29) is 11.8 Å². The Labute approximate surface area is 135 Å². The molecule has 0 aliphatic carbocycles. The summed E-state index contributed by atoms with van der Waals surface area (Å²) in [6.45, 7) is 3.82. The number of aryl methyl sites for hydroxylation is 1. The second-order valence-electron chi connectivity index (χ2n) is 6.29. The molecular weight excluding hydrogens is 296 g/mol. The van der Waals surface area contributed by atoms with Crippen molar-refractivity contribution in [2.24, 2.45) is 5.92 Å². The molecule has 2 amide bonds. The number of nitrogens with one attached hydrogen (secondary N) is 1. The van der Waals surface area contributed by atoms with Gasteiger partial charge in [0.25, 0.3) is 5.91 Å². The first-order valence-electron chi connectivity index (χ1n) is 7.72. The zero-order chi connectivity index (χ0) is 17.1. The molecule has 0 aromatic heterocycles. The number of anilines is 1. The standard InChI is InChI=1S/C17H22N2O4/c1-10(2)8-13(17(22)23)18-16(21)12-4-6-14-11(9-12)5-7-15(20)19(14)3/h4,6,9-10,13H,5,7-8H2,1-3H3,(H,18,21)(H,22,23). The normalized spacial score (nSPS) is 15.3. The number of carbonyl (C=O) groups excluding carboxylic acids is 2. The number of aliphatic carboxylic acids is 1. The molecule has 1 heterocycles. The van der Waals surface area contributed by atoms with Crippen molar-refractivity contribution < 1.29 is 19.5 Å². The third-order valence-corrected chi connectivity index (χ3v) is 4.00. The Morgan fingerprint density at radius 2 is 2.00 bits per heavy atom. The number of nitrogens with zero attached hydrogens (tertiary/aromatic N) is 1. The molecule has 0 bridgehead atoms. The van der Waals surface area contributed by atoms with Gasteiger partial charge in [-0.05, 0) is 42.5 Å². The highest BCUT2D eigenvalue weighted by Crippen LogP contribution is 2.27. The summed E-state index contributed by atoms with van der Waals surface area (Å²) < 4.78 is 0. The van der Waals surface area contributed by atoms with Crippen molar-refractivity contribution in [3.05, 3.63) is 29.3 Å². The summed E-state index contributed by atoms with van der Waals surface area (Å²) in [4.78, 5) is 36.8. The van der Waals surface area contributed by atoms with Crippen LogP contribution in [0.2, 0.25) is 0 Å². The molecule has 2 N–H and O–H groups in total. The molecule has 0 fully saturated rings. The van der Waals surface area contributed by atoms with E-state index in [0.29, 0.717) is 24.8 Å². The molecule has 0 radical (unpaired) electrons. The minimum Gasteiger partial charge on any atom is -0.480 e.